The molecule has 0 aromatic heterocycles. The summed E-state index contributed by atoms with van der Waals surface area (Å²) >= 11 is 0. The maximum atomic E-state index is 12.6. The van der Waals surface area contributed by atoms with Gasteiger partial charge in [-0.15, -0.1) is 0 Å². The number of nitrogens with zero attached hydrogens (tertiary/aromatic N) is 1. The Bertz CT molecular complexity index is 843. The maximum absolute atomic E-state index is 12.6. The molecule has 1 aliphatic rings. The smallest absolute Gasteiger partial charge is 0.245 e. The van der Waals surface area contributed by atoms with E-state index >= 15 is 0 Å². The van der Waals surface area contributed by atoms with E-state index < -0.39 is 16.1 Å². The van der Waals surface area contributed by atoms with E-state index in [1.165, 1.54) is 0 Å². The molecule has 0 saturated carbocycles. The molecule has 0 spiro atoms. The number of nitrogens with one attached hydrogen (secondary N) is 1. The molecular weight excluding hydrogens is 324 g/mol. The van der Waals surface area contributed by atoms with Crippen LogP contribution in [0.15, 0.2) is 53.4 Å². The number of rotatable bonds is 4. The summed E-state index contributed by atoms with van der Waals surface area (Å²) in [6.45, 7) is 4.38. The van der Waals surface area contributed by atoms with Gasteiger partial charge >= 0.3 is 0 Å². The number of amides is 1. The quantitative estimate of drug-likeness (QED) is 0.926. The van der Waals surface area contributed by atoms with Crippen LogP contribution in [0, 0.1) is 13.8 Å². The topological polar surface area (TPSA) is 66.5 Å². The first-order chi connectivity index (χ1) is 11.4. The first-order valence-corrected chi connectivity index (χ1v) is 9.32. The SMILES string of the molecule is Cc1ccc(N2CC[C@H](NS(=O)(=O)c3ccc(C)cc3)C2=O)cc1. The zero-order valence-corrected chi connectivity index (χ0v) is 14.5. The summed E-state index contributed by atoms with van der Waals surface area (Å²) in [4.78, 5) is 14.4. The average Bonchev–Trinajstić information content (AvgIpc) is 2.89. The van der Waals surface area contributed by atoms with Crippen LogP contribution in [-0.2, 0) is 14.8 Å². The van der Waals surface area contributed by atoms with E-state index in [0.717, 1.165) is 16.8 Å². The fourth-order valence-electron chi connectivity index (χ4n) is 2.74. The normalized spacial score (nSPS) is 18.2. The maximum Gasteiger partial charge on any atom is 0.245 e. The lowest BCUT2D eigenvalue weighted by Crippen LogP contribution is -2.41. The molecule has 126 valence electrons. The van der Waals surface area contributed by atoms with Gasteiger partial charge in [-0.25, -0.2) is 8.42 Å². The fourth-order valence-corrected chi connectivity index (χ4v) is 3.97. The zero-order chi connectivity index (χ0) is 17.3. The van der Waals surface area contributed by atoms with Gasteiger partial charge in [0.05, 0.1) is 4.90 Å². The van der Waals surface area contributed by atoms with E-state index in [1.807, 2.05) is 38.1 Å². The Labute approximate surface area is 142 Å². The summed E-state index contributed by atoms with van der Waals surface area (Å²) in [7, 11) is -3.70. The summed E-state index contributed by atoms with van der Waals surface area (Å²) in [5.74, 6) is -0.213. The van der Waals surface area contributed by atoms with Gasteiger partial charge in [0.1, 0.15) is 6.04 Å². The van der Waals surface area contributed by atoms with Crippen molar-refractivity contribution in [1.82, 2.24) is 4.72 Å². The van der Waals surface area contributed by atoms with Gasteiger partial charge in [-0.05, 0) is 44.5 Å². The monoisotopic (exact) mass is 344 g/mol. The number of benzene rings is 2. The van der Waals surface area contributed by atoms with Crippen molar-refractivity contribution in [3.8, 4) is 0 Å². The number of anilines is 1. The van der Waals surface area contributed by atoms with E-state index in [1.54, 1.807) is 29.2 Å². The second-order valence-electron chi connectivity index (χ2n) is 6.10. The van der Waals surface area contributed by atoms with Crippen molar-refractivity contribution in [3.63, 3.8) is 0 Å². The number of sulfonamides is 1. The van der Waals surface area contributed by atoms with Gasteiger partial charge in [-0.1, -0.05) is 35.4 Å². The summed E-state index contributed by atoms with van der Waals surface area (Å²) in [5, 5.41) is 0. The van der Waals surface area contributed by atoms with Crippen molar-refractivity contribution in [3.05, 3.63) is 59.7 Å². The Morgan fingerprint density at radius 1 is 0.958 bits per heavy atom. The predicted molar refractivity (Wildman–Crippen MR) is 93.4 cm³/mol. The lowest BCUT2D eigenvalue weighted by atomic mass is 10.2. The van der Waals surface area contributed by atoms with Crippen molar-refractivity contribution < 1.29 is 13.2 Å². The largest absolute Gasteiger partial charge is 0.311 e. The second-order valence-corrected chi connectivity index (χ2v) is 7.82. The second kappa shape index (κ2) is 6.37. The Morgan fingerprint density at radius 3 is 2.08 bits per heavy atom. The standard InChI is InChI=1S/C18H20N2O3S/c1-13-3-7-15(8-4-13)20-12-11-17(18(20)21)19-24(22,23)16-9-5-14(2)6-10-16/h3-10,17,19H,11-12H2,1-2H3/t17-/m0/s1. The fraction of sp³-hybridized carbons (Fsp3) is 0.278. The molecule has 6 heteroatoms. The van der Waals surface area contributed by atoms with Crippen LogP contribution in [0.25, 0.3) is 0 Å². The van der Waals surface area contributed by atoms with E-state index in [-0.39, 0.29) is 10.8 Å². The molecule has 1 aliphatic heterocycles. The van der Waals surface area contributed by atoms with Crippen LogP contribution < -0.4 is 9.62 Å². The van der Waals surface area contributed by atoms with Crippen LogP contribution in [0.3, 0.4) is 0 Å². The van der Waals surface area contributed by atoms with Gasteiger partial charge in [0.15, 0.2) is 0 Å². The highest BCUT2D eigenvalue weighted by Gasteiger charge is 2.35. The van der Waals surface area contributed by atoms with E-state index in [4.69, 9.17) is 0 Å². The number of aryl methyl sites for hydroxylation is 2. The number of hydrogen-bond donors (Lipinski definition) is 1. The Hall–Kier alpha value is -2.18. The van der Waals surface area contributed by atoms with Gasteiger partial charge in [-0.2, -0.15) is 4.72 Å². The van der Waals surface area contributed by atoms with Gasteiger partial charge in [0.2, 0.25) is 15.9 Å². The number of carbonyl (C=O) groups excluding carboxylic acids is 1. The Morgan fingerprint density at radius 2 is 1.50 bits per heavy atom. The molecule has 0 radical (unpaired) electrons. The minimum atomic E-state index is -3.70. The third-order valence-electron chi connectivity index (χ3n) is 4.18. The van der Waals surface area contributed by atoms with E-state index in [9.17, 15) is 13.2 Å². The number of hydrogen-bond acceptors (Lipinski definition) is 3. The van der Waals surface area contributed by atoms with Crippen LogP contribution in [0.4, 0.5) is 5.69 Å². The minimum Gasteiger partial charge on any atom is -0.311 e. The minimum absolute atomic E-state index is 0.176. The Kier molecular flexibility index (Phi) is 4.43. The predicted octanol–water partition coefficient (Wildman–Crippen LogP) is 2.39. The van der Waals surface area contributed by atoms with Gasteiger partial charge in [0.25, 0.3) is 0 Å². The summed E-state index contributed by atoms with van der Waals surface area (Å²) in [6, 6.07) is 13.5. The highest BCUT2D eigenvalue weighted by molar-refractivity contribution is 7.89. The number of carbonyl (C=O) groups is 1. The van der Waals surface area contributed by atoms with Gasteiger partial charge < -0.3 is 4.90 Å². The first kappa shape index (κ1) is 16.7. The molecule has 1 atom stereocenters. The molecule has 0 bridgehead atoms. The van der Waals surface area contributed by atoms with Crippen LogP contribution in [-0.4, -0.2) is 26.9 Å². The molecule has 3 rings (SSSR count). The summed E-state index contributed by atoms with van der Waals surface area (Å²) < 4.78 is 27.4. The van der Waals surface area contributed by atoms with Crippen LogP contribution in [0.5, 0.6) is 0 Å². The highest BCUT2D eigenvalue weighted by atomic mass is 32.2. The summed E-state index contributed by atoms with van der Waals surface area (Å²) in [5.41, 5.74) is 2.89. The van der Waals surface area contributed by atoms with Crippen molar-refractivity contribution >= 4 is 21.6 Å². The Balaban J connectivity index is 1.76. The van der Waals surface area contributed by atoms with Crippen molar-refractivity contribution in [2.75, 3.05) is 11.4 Å². The van der Waals surface area contributed by atoms with Crippen LogP contribution >= 0.6 is 0 Å². The van der Waals surface area contributed by atoms with Crippen LogP contribution in [0.2, 0.25) is 0 Å². The molecule has 1 fully saturated rings. The van der Waals surface area contributed by atoms with E-state index in [0.29, 0.717) is 13.0 Å². The lowest BCUT2D eigenvalue weighted by Gasteiger charge is -2.17. The first-order valence-electron chi connectivity index (χ1n) is 7.84. The lowest BCUT2D eigenvalue weighted by molar-refractivity contribution is -0.118. The van der Waals surface area contributed by atoms with Gasteiger partial charge in [0, 0.05) is 12.2 Å². The molecule has 5 nitrogen and oxygen atoms in total. The highest BCUT2D eigenvalue weighted by Crippen LogP contribution is 2.23. The third-order valence-corrected chi connectivity index (χ3v) is 5.67. The zero-order valence-electron chi connectivity index (χ0n) is 13.7. The molecule has 2 aromatic rings. The van der Waals surface area contributed by atoms with Gasteiger partial charge in [-0.3, -0.25) is 4.79 Å². The molecule has 1 amide bonds. The molecule has 0 aliphatic carbocycles. The average molecular weight is 344 g/mol. The molecule has 1 N–H and O–H groups in total. The molecule has 0 unspecified atom stereocenters. The van der Waals surface area contributed by atoms with Crippen LogP contribution in [0.1, 0.15) is 17.5 Å². The third kappa shape index (κ3) is 3.34. The molecule has 1 heterocycles. The molecule has 24 heavy (non-hydrogen) atoms. The van der Waals surface area contributed by atoms with Crippen molar-refractivity contribution in [2.45, 2.75) is 31.2 Å². The molecular formula is C18H20N2O3S. The molecule has 1 saturated heterocycles. The summed E-state index contributed by atoms with van der Waals surface area (Å²) in [6.07, 6.45) is 0.456. The molecule has 2 aromatic carbocycles. The van der Waals surface area contributed by atoms with Crippen molar-refractivity contribution in [1.29, 1.82) is 0 Å². The van der Waals surface area contributed by atoms with Crippen molar-refractivity contribution in [2.24, 2.45) is 0 Å². The van der Waals surface area contributed by atoms with E-state index in [2.05, 4.69) is 4.72 Å².